The molecule has 1 aromatic rings. The van der Waals surface area contributed by atoms with Gasteiger partial charge in [-0.25, -0.2) is 8.93 Å². The van der Waals surface area contributed by atoms with Crippen molar-refractivity contribution in [3.8, 4) is 0 Å². The van der Waals surface area contributed by atoms with E-state index in [0.29, 0.717) is 0 Å². The summed E-state index contributed by atoms with van der Waals surface area (Å²) in [6.45, 7) is 22.2. The molecule has 0 aliphatic rings. The third kappa shape index (κ3) is 5.64. The minimum Gasteiger partial charge on any atom is -0.242 e. The molecule has 0 bridgehead atoms. The van der Waals surface area contributed by atoms with Crippen LogP contribution in [0.4, 0.5) is 0 Å². The molecule has 1 unspecified atom stereocenters. The minimum absolute atomic E-state index is 0.0657. The normalized spacial score (nSPS) is 16.3. The van der Waals surface area contributed by atoms with Crippen molar-refractivity contribution in [2.75, 3.05) is 0 Å². The third-order valence-electron chi connectivity index (χ3n) is 3.83. The maximum absolute atomic E-state index is 12.5. The van der Waals surface area contributed by atoms with Gasteiger partial charge in [0.1, 0.15) is 0 Å². The predicted octanol–water partition coefficient (Wildman–Crippen LogP) is 5.50. The third-order valence-corrected chi connectivity index (χ3v) is 9.08. The van der Waals surface area contributed by atoms with Crippen LogP contribution in [0, 0.1) is 0 Å². The molecule has 2 nitrogen and oxygen atoms in total. The van der Waals surface area contributed by atoms with E-state index in [1.807, 2.05) is 20.8 Å². The molecule has 0 aromatic heterocycles. The van der Waals surface area contributed by atoms with Gasteiger partial charge >= 0.3 is 0 Å². The van der Waals surface area contributed by atoms with Crippen LogP contribution in [0.1, 0.15) is 80.8 Å². The summed E-state index contributed by atoms with van der Waals surface area (Å²) in [4.78, 5) is 0. The molecule has 1 rings (SSSR count). The second-order valence-electron chi connectivity index (χ2n) is 9.46. The molecule has 0 aliphatic heterocycles. The highest BCUT2D eigenvalue weighted by molar-refractivity contribution is 7.84. The maximum Gasteiger partial charge on any atom is 0.0975 e. The van der Waals surface area contributed by atoms with Crippen molar-refractivity contribution in [3.05, 3.63) is 29.8 Å². The smallest absolute Gasteiger partial charge is 0.0975 e. The van der Waals surface area contributed by atoms with Gasteiger partial charge in [0.15, 0.2) is 0 Å². The number of hydrogen-bond acceptors (Lipinski definition) is 1. The molecule has 1 N–H and O–H groups in total. The van der Waals surface area contributed by atoms with Gasteiger partial charge in [0.2, 0.25) is 0 Å². The van der Waals surface area contributed by atoms with E-state index >= 15 is 0 Å². The first-order chi connectivity index (χ1) is 10.7. The fourth-order valence-electron chi connectivity index (χ4n) is 3.19. The molecular weight excluding hydrogens is 333 g/mol. The topological polar surface area (TPSA) is 29.1 Å². The molecule has 24 heavy (non-hydrogen) atoms. The summed E-state index contributed by atoms with van der Waals surface area (Å²) in [6.07, 6.45) is 0. The van der Waals surface area contributed by atoms with E-state index in [2.05, 4.69) is 77.5 Å². The van der Waals surface area contributed by atoms with Gasteiger partial charge in [0.05, 0.1) is 15.7 Å². The first kappa shape index (κ1) is 21.8. The fraction of sp³-hybridized carbons (Fsp3) is 0.700. The van der Waals surface area contributed by atoms with Crippen molar-refractivity contribution in [2.24, 2.45) is 0 Å². The number of rotatable bonds is 4. The SMILES string of the molecule is C[C@@H](NS(=O)C(C)(C)C)c1ccccc1P(C(C)(C)C)C(C)(C)C. The number of benzene rings is 1. The highest BCUT2D eigenvalue weighted by Crippen LogP contribution is 2.58. The molecule has 0 saturated carbocycles. The van der Waals surface area contributed by atoms with Gasteiger partial charge < -0.3 is 0 Å². The van der Waals surface area contributed by atoms with Crippen molar-refractivity contribution < 1.29 is 4.21 Å². The lowest BCUT2D eigenvalue weighted by atomic mass is 10.1. The highest BCUT2D eigenvalue weighted by Gasteiger charge is 2.37. The second kappa shape index (κ2) is 7.56. The quantitative estimate of drug-likeness (QED) is 0.697. The average molecular weight is 370 g/mol. The minimum atomic E-state index is -1.07. The van der Waals surface area contributed by atoms with Crippen molar-refractivity contribution >= 4 is 24.2 Å². The zero-order valence-corrected chi connectivity index (χ0v) is 18.9. The Kier molecular flexibility index (Phi) is 6.87. The van der Waals surface area contributed by atoms with Gasteiger partial charge in [0.25, 0.3) is 0 Å². The van der Waals surface area contributed by atoms with Crippen LogP contribution in [-0.2, 0) is 11.0 Å². The fourth-order valence-corrected chi connectivity index (χ4v) is 8.21. The maximum atomic E-state index is 12.5. The lowest BCUT2D eigenvalue weighted by Gasteiger charge is -2.43. The van der Waals surface area contributed by atoms with E-state index in [1.165, 1.54) is 10.9 Å². The zero-order chi connectivity index (χ0) is 18.9. The van der Waals surface area contributed by atoms with E-state index < -0.39 is 11.0 Å². The summed E-state index contributed by atoms with van der Waals surface area (Å²) in [5.74, 6) is 0. The summed E-state index contributed by atoms with van der Waals surface area (Å²) >= 11 is 0. The second-order valence-corrected chi connectivity index (χ2v) is 15.3. The van der Waals surface area contributed by atoms with Gasteiger partial charge in [-0.15, -0.1) is 0 Å². The van der Waals surface area contributed by atoms with Crippen molar-refractivity contribution in [1.82, 2.24) is 4.72 Å². The first-order valence-electron chi connectivity index (χ1n) is 8.73. The van der Waals surface area contributed by atoms with Crippen LogP contribution in [0.15, 0.2) is 24.3 Å². The van der Waals surface area contributed by atoms with Crippen molar-refractivity contribution in [2.45, 2.75) is 90.3 Å². The largest absolute Gasteiger partial charge is 0.242 e. The molecule has 0 spiro atoms. The molecular formula is C20H36NOPS. The van der Waals surface area contributed by atoms with Crippen LogP contribution >= 0.6 is 7.92 Å². The number of nitrogens with one attached hydrogen (secondary N) is 1. The van der Waals surface area contributed by atoms with Crippen LogP contribution in [0.3, 0.4) is 0 Å². The van der Waals surface area contributed by atoms with Crippen molar-refractivity contribution in [3.63, 3.8) is 0 Å². The molecule has 4 heteroatoms. The molecule has 0 fully saturated rings. The Hall–Kier alpha value is -0.240. The summed E-state index contributed by atoms with van der Waals surface area (Å²) < 4.78 is 15.6. The molecule has 0 aliphatic carbocycles. The van der Waals surface area contributed by atoms with E-state index in [1.54, 1.807) is 0 Å². The zero-order valence-electron chi connectivity index (χ0n) is 17.2. The first-order valence-corrected chi connectivity index (χ1v) is 11.2. The van der Waals surface area contributed by atoms with E-state index in [9.17, 15) is 4.21 Å². The van der Waals surface area contributed by atoms with Crippen LogP contribution < -0.4 is 10.0 Å². The number of hydrogen-bond donors (Lipinski definition) is 1. The van der Waals surface area contributed by atoms with Gasteiger partial charge in [0, 0.05) is 6.04 Å². The Morgan fingerprint density at radius 3 is 1.79 bits per heavy atom. The van der Waals surface area contributed by atoms with Gasteiger partial charge in [-0.1, -0.05) is 73.7 Å². The molecule has 138 valence electrons. The van der Waals surface area contributed by atoms with Crippen LogP contribution in [0.25, 0.3) is 0 Å². The van der Waals surface area contributed by atoms with Crippen LogP contribution in [0.2, 0.25) is 0 Å². The average Bonchev–Trinajstić information content (AvgIpc) is 2.34. The van der Waals surface area contributed by atoms with Crippen molar-refractivity contribution in [1.29, 1.82) is 0 Å². The van der Waals surface area contributed by atoms with E-state index in [4.69, 9.17) is 0 Å². The summed E-state index contributed by atoms with van der Waals surface area (Å²) in [6, 6.07) is 8.76. The Morgan fingerprint density at radius 1 is 0.917 bits per heavy atom. The van der Waals surface area contributed by atoms with Gasteiger partial charge in [-0.3, -0.25) is 0 Å². The summed E-state index contributed by atoms with van der Waals surface area (Å²) in [5, 5.41) is 1.86. The summed E-state index contributed by atoms with van der Waals surface area (Å²) in [7, 11) is -1.46. The Balaban J connectivity index is 3.31. The lowest BCUT2D eigenvalue weighted by Crippen LogP contribution is -2.38. The highest BCUT2D eigenvalue weighted by atomic mass is 32.2. The molecule has 0 saturated heterocycles. The van der Waals surface area contributed by atoms with Gasteiger partial charge in [-0.05, 0) is 48.9 Å². The van der Waals surface area contributed by atoms with Crippen LogP contribution in [0.5, 0.6) is 0 Å². The lowest BCUT2D eigenvalue weighted by molar-refractivity contribution is 0.617. The molecule has 2 atom stereocenters. The van der Waals surface area contributed by atoms with Gasteiger partial charge in [-0.2, -0.15) is 0 Å². The van der Waals surface area contributed by atoms with E-state index in [0.717, 1.165) is 0 Å². The molecule has 0 radical (unpaired) electrons. The Bertz CT molecular complexity index is 565. The monoisotopic (exact) mass is 369 g/mol. The molecule has 0 heterocycles. The molecule has 0 amide bonds. The standard InChI is InChI=1S/C20H36NOPS/c1-15(21-24(22)20(8,9)10)16-13-11-12-14-17(16)23(18(2,3)4)19(5,6)7/h11-15,21H,1-10H3/t15-,24?/m1/s1. The van der Waals surface area contributed by atoms with E-state index in [-0.39, 0.29) is 29.0 Å². The Morgan fingerprint density at radius 2 is 1.38 bits per heavy atom. The van der Waals surface area contributed by atoms with Crippen LogP contribution in [-0.4, -0.2) is 19.3 Å². The summed E-state index contributed by atoms with van der Waals surface area (Å²) in [5.41, 5.74) is 1.28. The predicted molar refractivity (Wildman–Crippen MR) is 112 cm³/mol. The Labute approximate surface area is 153 Å². The molecule has 1 aromatic carbocycles.